The number of aromatic nitrogens is 1. The molecule has 5 nitrogen and oxygen atoms in total. The van der Waals surface area contributed by atoms with Crippen LogP contribution < -0.4 is 10.6 Å². The van der Waals surface area contributed by atoms with Gasteiger partial charge in [-0.2, -0.15) is 0 Å². The van der Waals surface area contributed by atoms with E-state index in [0.29, 0.717) is 25.4 Å². The van der Waals surface area contributed by atoms with Gasteiger partial charge in [-0.25, -0.2) is 0 Å². The first kappa shape index (κ1) is 16.8. The number of carbonyl (C=O) groups excluding carboxylic acids is 1. The second-order valence-corrected chi connectivity index (χ2v) is 8.79. The number of aliphatic hydroxyl groups is 1. The van der Waals surface area contributed by atoms with Crippen molar-refractivity contribution in [1.82, 2.24) is 10.3 Å². The summed E-state index contributed by atoms with van der Waals surface area (Å²) in [6, 6.07) is 3.86. The molecule has 4 aliphatic rings. The highest BCUT2D eigenvalue weighted by Gasteiger charge is 2.64. The third-order valence-corrected chi connectivity index (χ3v) is 6.79. The van der Waals surface area contributed by atoms with Gasteiger partial charge in [0, 0.05) is 25.5 Å². The highest BCUT2D eigenvalue weighted by molar-refractivity contribution is 5.83. The lowest BCUT2D eigenvalue weighted by atomic mass is 9.42. The maximum atomic E-state index is 13.0. The van der Waals surface area contributed by atoms with E-state index >= 15 is 0 Å². The van der Waals surface area contributed by atoms with E-state index in [1.807, 2.05) is 12.1 Å². The highest BCUT2D eigenvalue weighted by Crippen LogP contribution is 2.67. The Morgan fingerprint density at radius 3 is 2.88 bits per heavy atom. The van der Waals surface area contributed by atoms with Gasteiger partial charge in [-0.15, -0.1) is 0 Å². The third kappa shape index (κ3) is 3.03. The van der Waals surface area contributed by atoms with Gasteiger partial charge in [0.2, 0.25) is 5.91 Å². The molecule has 136 valence electrons. The SMILES string of the molecule is CC[C@@]12C[C@@H]3C[C@@](O)(C1)C[C@@](C(=O)NCCNc1cccnc1)(C3)C2. The summed E-state index contributed by atoms with van der Waals surface area (Å²) in [6.07, 6.45) is 10.1. The number of hydrogen-bond donors (Lipinski definition) is 3. The van der Waals surface area contributed by atoms with E-state index in [-0.39, 0.29) is 16.7 Å². The summed E-state index contributed by atoms with van der Waals surface area (Å²) in [4.78, 5) is 17.1. The number of nitrogens with one attached hydrogen (secondary N) is 2. The molecule has 1 aromatic heterocycles. The lowest BCUT2D eigenvalue weighted by molar-refractivity contribution is -0.204. The molecule has 0 aliphatic heterocycles. The van der Waals surface area contributed by atoms with Crippen LogP contribution >= 0.6 is 0 Å². The maximum absolute atomic E-state index is 13.0. The van der Waals surface area contributed by atoms with E-state index in [0.717, 1.165) is 37.8 Å². The van der Waals surface area contributed by atoms with Crippen LogP contribution in [0.3, 0.4) is 0 Å². The summed E-state index contributed by atoms with van der Waals surface area (Å²) in [5.74, 6) is 0.668. The zero-order valence-corrected chi connectivity index (χ0v) is 15.1. The molecule has 25 heavy (non-hydrogen) atoms. The van der Waals surface area contributed by atoms with E-state index in [4.69, 9.17) is 0 Å². The van der Waals surface area contributed by atoms with Crippen molar-refractivity contribution in [3.63, 3.8) is 0 Å². The number of amides is 1. The van der Waals surface area contributed by atoms with Crippen LogP contribution in [0.5, 0.6) is 0 Å². The predicted octanol–water partition coefficient (Wildman–Crippen LogP) is 2.72. The second kappa shape index (κ2) is 5.97. The molecule has 1 heterocycles. The fourth-order valence-corrected chi connectivity index (χ4v) is 6.27. The van der Waals surface area contributed by atoms with Crippen LogP contribution in [0.1, 0.15) is 51.9 Å². The molecular weight excluding hydrogens is 314 g/mol. The number of anilines is 1. The lowest BCUT2D eigenvalue weighted by Crippen LogP contribution is -2.63. The minimum absolute atomic E-state index is 0.154. The van der Waals surface area contributed by atoms with Crippen molar-refractivity contribution < 1.29 is 9.90 Å². The molecular formula is C20H29N3O2. The summed E-state index contributed by atoms with van der Waals surface area (Å²) >= 11 is 0. The molecule has 3 N–H and O–H groups in total. The molecule has 1 aromatic rings. The minimum Gasteiger partial charge on any atom is -0.390 e. The lowest BCUT2D eigenvalue weighted by Gasteiger charge is -2.64. The molecule has 1 amide bonds. The average Bonchev–Trinajstić information content (AvgIpc) is 2.57. The summed E-state index contributed by atoms with van der Waals surface area (Å²) < 4.78 is 0. The average molecular weight is 343 g/mol. The van der Waals surface area contributed by atoms with Gasteiger partial charge >= 0.3 is 0 Å². The van der Waals surface area contributed by atoms with Crippen LogP contribution in [0.15, 0.2) is 24.5 Å². The Labute approximate surface area is 149 Å². The Kier molecular flexibility index (Phi) is 4.02. The molecule has 5 rings (SSSR count). The first-order chi connectivity index (χ1) is 12.0. The van der Waals surface area contributed by atoms with Gasteiger partial charge in [-0.05, 0) is 62.0 Å². The number of carbonyl (C=O) groups is 1. The smallest absolute Gasteiger partial charge is 0.226 e. The molecule has 0 unspecified atom stereocenters. The minimum atomic E-state index is -0.610. The van der Waals surface area contributed by atoms with Crippen LogP contribution in [0.25, 0.3) is 0 Å². The first-order valence-corrected chi connectivity index (χ1v) is 9.61. The van der Waals surface area contributed by atoms with Gasteiger partial charge in [0.1, 0.15) is 0 Å². The molecule has 0 aromatic carbocycles. The molecule has 4 fully saturated rings. The third-order valence-electron chi connectivity index (χ3n) is 6.79. The molecule has 4 atom stereocenters. The normalized spacial score (nSPS) is 38.6. The molecule has 5 heteroatoms. The van der Waals surface area contributed by atoms with Crippen molar-refractivity contribution in [2.45, 2.75) is 57.5 Å². The van der Waals surface area contributed by atoms with E-state index in [9.17, 15) is 9.90 Å². The Morgan fingerprint density at radius 2 is 2.16 bits per heavy atom. The van der Waals surface area contributed by atoms with Crippen LogP contribution in [0.4, 0.5) is 5.69 Å². The van der Waals surface area contributed by atoms with Crippen LogP contribution in [0.2, 0.25) is 0 Å². The van der Waals surface area contributed by atoms with Gasteiger partial charge < -0.3 is 15.7 Å². The Morgan fingerprint density at radius 1 is 1.28 bits per heavy atom. The van der Waals surface area contributed by atoms with Gasteiger partial charge in [0.25, 0.3) is 0 Å². The zero-order valence-electron chi connectivity index (χ0n) is 15.1. The van der Waals surface area contributed by atoms with E-state index in [1.54, 1.807) is 12.4 Å². The Bertz CT molecular complexity index is 652. The second-order valence-electron chi connectivity index (χ2n) is 8.79. The molecule has 0 spiro atoms. The quantitative estimate of drug-likeness (QED) is 0.694. The topological polar surface area (TPSA) is 74.2 Å². The summed E-state index contributed by atoms with van der Waals surface area (Å²) in [6.45, 7) is 3.50. The standard InChI is InChI=1S/C20H29N3O2/c1-2-18-8-15-9-19(12-18,14-20(25,10-15)13-18)17(24)23-7-6-22-16-4-3-5-21-11-16/h3-5,11,15,22,25H,2,6-10,12-14H2,1H3,(H,23,24)/t15-,18-,19+,20+/m0/s1. The summed E-state index contributed by atoms with van der Waals surface area (Å²) in [5.41, 5.74) is 0.185. The van der Waals surface area contributed by atoms with Crippen molar-refractivity contribution in [3.05, 3.63) is 24.5 Å². The van der Waals surface area contributed by atoms with Gasteiger partial charge in [0.05, 0.1) is 16.7 Å². The maximum Gasteiger partial charge on any atom is 0.226 e. The summed E-state index contributed by atoms with van der Waals surface area (Å²) in [7, 11) is 0. The Balaban J connectivity index is 1.38. The first-order valence-electron chi connectivity index (χ1n) is 9.61. The molecule has 4 saturated carbocycles. The Hall–Kier alpha value is -1.62. The van der Waals surface area contributed by atoms with E-state index < -0.39 is 5.60 Å². The summed E-state index contributed by atoms with van der Waals surface area (Å²) in [5, 5.41) is 17.4. The predicted molar refractivity (Wildman–Crippen MR) is 97.0 cm³/mol. The van der Waals surface area contributed by atoms with Gasteiger partial charge in [-0.1, -0.05) is 13.3 Å². The van der Waals surface area contributed by atoms with Crippen LogP contribution in [-0.2, 0) is 4.79 Å². The van der Waals surface area contributed by atoms with Crippen LogP contribution in [-0.4, -0.2) is 34.7 Å². The molecule has 4 bridgehead atoms. The van der Waals surface area contributed by atoms with Crippen LogP contribution in [0, 0.1) is 16.7 Å². The van der Waals surface area contributed by atoms with Crippen molar-refractivity contribution >= 4 is 11.6 Å². The van der Waals surface area contributed by atoms with Crippen molar-refractivity contribution in [2.24, 2.45) is 16.7 Å². The van der Waals surface area contributed by atoms with Gasteiger partial charge in [0.15, 0.2) is 0 Å². The highest BCUT2D eigenvalue weighted by atomic mass is 16.3. The van der Waals surface area contributed by atoms with Crippen molar-refractivity contribution in [1.29, 1.82) is 0 Å². The number of rotatable bonds is 6. The molecule has 0 radical (unpaired) electrons. The van der Waals surface area contributed by atoms with Crippen molar-refractivity contribution in [2.75, 3.05) is 18.4 Å². The van der Waals surface area contributed by atoms with Crippen molar-refractivity contribution in [3.8, 4) is 0 Å². The fraction of sp³-hybridized carbons (Fsp3) is 0.700. The fourth-order valence-electron chi connectivity index (χ4n) is 6.27. The number of hydrogen-bond acceptors (Lipinski definition) is 4. The van der Waals surface area contributed by atoms with E-state index in [2.05, 4.69) is 22.5 Å². The largest absolute Gasteiger partial charge is 0.390 e. The molecule has 0 saturated heterocycles. The monoisotopic (exact) mass is 343 g/mol. The number of nitrogens with zero attached hydrogens (tertiary/aromatic N) is 1. The van der Waals surface area contributed by atoms with E-state index in [1.165, 1.54) is 6.42 Å². The molecule has 4 aliphatic carbocycles. The zero-order chi connectivity index (χ0) is 17.5. The number of pyridine rings is 1. The van der Waals surface area contributed by atoms with Gasteiger partial charge in [-0.3, -0.25) is 9.78 Å².